The van der Waals surface area contributed by atoms with Gasteiger partial charge in [-0.1, -0.05) is 105 Å². The van der Waals surface area contributed by atoms with Crippen LogP contribution in [0.5, 0.6) is 0 Å². The highest BCUT2D eigenvalue weighted by Crippen LogP contribution is 2.38. The maximum absolute atomic E-state index is 5.16. The van der Waals surface area contributed by atoms with Crippen molar-refractivity contribution in [2.24, 2.45) is 4.99 Å². The Kier molecular flexibility index (Phi) is 8.25. The monoisotopic (exact) mass is 475 g/mol. The molecule has 0 N–H and O–H groups in total. The molecule has 1 radical (unpaired) electrons. The Balaban J connectivity index is 0.000000539. The molecule has 0 fully saturated rings. The molecule has 2 nitrogen and oxygen atoms in total. The number of hydrogen-bond acceptors (Lipinski definition) is 2. The van der Waals surface area contributed by atoms with Crippen molar-refractivity contribution in [3.8, 4) is 0 Å². The fourth-order valence-corrected chi connectivity index (χ4v) is 5.32. The van der Waals surface area contributed by atoms with E-state index in [1.165, 1.54) is 32.2 Å². The summed E-state index contributed by atoms with van der Waals surface area (Å²) in [5.74, 6) is 0. The van der Waals surface area contributed by atoms with Crippen molar-refractivity contribution < 1.29 is 0 Å². The lowest BCUT2D eigenvalue weighted by Gasteiger charge is -2.14. The summed E-state index contributed by atoms with van der Waals surface area (Å²) in [6, 6.07) is 36.2. The van der Waals surface area contributed by atoms with Crippen molar-refractivity contribution in [2.45, 2.75) is 32.5 Å². The predicted octanol–water partition coefficient (Wildman–Crippen LogP) is 9.12. The molecule has 0 saturated heterocycles. The topological polar surface area (TPSA) is 26.5 Å². The molecule has 0 aliphatic carbocycles. The molecule has 0 bridgehead atoms. The van der Waals surface area contributed by atoms with E-state index in [1.54, 1.807) is 0 Å². The van der Waals surface area contributed by atoms with Crippen LogP contribution in [0.4, 0.5) is 0 Å². The third-order valence-corrected chi connectivity index (χ3v) is 6.85. The first kappa shape index (κ1) is 24.6. The molecule has 35 heavy (non-hydrogen) atoms. The van der Waals surface area contributed by atoms with E-state index in [0.717, 1.165) is 16.8 Å². The Morgan fingerprint density at radius 2 is 1.29 bits per heavy atom. The molecule has 5 aromatic rings. The van der Waals surface area contributed by atoms with Crippen LogP contribution in [-0.4, -0.2) is 5.71 Å². The summed E-state index contributed by atoms with van der Waals surface area (Å²) in [4.78, 5) is 5.11. The molecule has 2 heterocycles. The van der Waals surface area contributed by atoms with Crippen LogP contribution < -0.4 is 5.32 Å². The maximum Gasteiger partial charge on any atom is 0.142 e. The van der Waals surface area contributed by atoms with Crippen molar-refractivity contribution in [3.63, 3.8) is 0 Å². The largest absolute Gasteiger partial charge is 0.262 e. The number of hydrogen-bond donors (Lipinski definition) is 0. The van der Waals surface area contributed by atoms with E-state index in [0.29, 0.717) is 0 Å². The van der Waals surface area contributed by atoms with E-state index in [2.05, 4.69) is 118 Å². The lowest BCUT2D eigenvalue weighted by molar-refractivity contribution is 0.560. The molecule has 1 aromatic heterocycles. The minimum Gasteiger partial charge on any atom is -0.262 e. The highest BCUT2D eigenvalue weighted by molar-refractivity contribution is 7.25. The summed E-state index contributed by atoms with van der Waals surface area (Å²) in [6.07, 6.45) is 1.06. The average molecular weight is 476 g/mol. The number of nitrogens with zero attached hydrogens (tertiary/aromatic N) is 2. The zero-order valence-electron chi connectivity index (χ0n) is 20.4. The molecular formula is C32H31N2S. The third-order valence-electron chi connectivity index (χ3n) is 5.69. The van der Waals surface area contributed by atoms with Crippen LogP contribution in [-0.2, 0) is 0 Å². The van der Waals surface area contributed by atoms with E-state index in [-0.39, 0.29) is 12.2 Å². The number of rotatable bonds is 3. The summed E-state index contributed by atoms with van der Waals surface area (Å²) in [5.41, 5.74) is 4.52. The van der Waals surface area contributed by atoms with Gasteiger partial charge in [0, 0.05) is 20.2 Å². The molecule has 0 amide bonds. The molecule has 1 aliphatic rings. The van der Waals surface area contributed by atoms with Crippen molar-refractivity contribution in [1.82, 2.24) is 5.32 Å². The second-order valence-corrected chi connectivity index (χ2v) is 9.36. The van der Waals surface area contributed by atoms with E-state index < -0.39 is 0 Å². The number of thiophene rings is 1. The Labute approximate surface area is 212 Å². The van der Waals surface area contributed by atoms with E-state index >= 15 is 0 Å². The van der Waals surface area contributed by atoms with Gasteiger partial charge in [-0.05, 0) is 34.9 Å². The first-order valence-electron chi connectivity index (χ1n) is 12.1. The lowest BCUT2D eigenvalue weighted by Crippen LogP contribution is -2.18. The van der Waals surface area contributed by atoms with Gasteiger partial charge in [0.2, 0.25) is 0 Å². The molecule has 175 valence electrons. The highest BCUT2D eigenvalue weighted by atomic mass is 32.1. The predicted molar refractivity (Wildman–Crippen MR) is 154 cm³/mol. The van der Waals surface area contributed by atoms with Gasteiger partial charge in [-0.2, -0.15) is 5.32 Å². The molecule has 1 aliphatic heterocycles. The Bertz CT molecular complexity index is 1400. The molecule has 0 spiro atoms. The van der Waals surface area contributed by atoms with Crippen molar-refractivity contribution >= 4 is 37.2 Å². The fourth-order valence-electron chi connectivity index (χ4n) is 4.23. The van der Waals surface area contributed by atoms with Gasteiger partial charge < -0.3 is 0 Å². The van der Waals surface area contributed by atoms with Crippen LogP contribution in [0.2, 0.25) is 0 Å². The molecule has 6 rings (SSSR count). The highest BCUT2D eigenvalue weighted by Gasteiger charge is 2.32. The van der Waals surface area contributed by atoms with Crippen LogP contribution in [0.25, 0.3) is 20.2 Å². The van der Waals surface area contributed by atoms with Crippen LogP contribution >= 0.6 is 11.3 Å². The number of benzene rings is 4. The third kappa shape index (κ3) is 5.27. The van der Waals surface area contributed by atoms with E-state index in [9.17, 15) is 0 Å². The normalized spacial score (nSPS) is 16.7. The second-order valence-electron chi connectivity index (χ2n) is 8.28. The molecule has 0 saturated carbocycles. The lowest BCUT2D eigenvalue weighted by atomic mass is 9.97. The maximum atomic E-state index is 5.16. The molecule has 3 heteroatoms. The summed E-state index contributed by atoms with van der Waals surface area (Å²) >= 11 is 1.84. The zero-order valence-corrected chi connectivity index (χ0v) is 21.2. The molecular weight excluding hydrogens is 444 g/mol. The minimum absolute atomic E-state index is 0.0477. The first-order chi connectivity index (χ1) is 17.3. The summed E-state index contributed by atoms with van der Waals surface area (Å²) in [7, 11) is 0. The summed E-state index contributed by atoms with van der Waals surface area (Å²) < 4.78 is 2.63. The smallest absolute Gasteiger partial charge is 0.142 e. The van der Waals surface area contributed by atoms with E-state index in [4.69, 9.17) is 10.3 Å². The minimum atomic E-state index is -0.187. The van der Waals surface area contributed by atoms with Crippen LogP contribution in [0.1, 0.15) is 49.2 Å². The molecule has 2 unspecified atom stereocenters. The van der Waals surface area contributed by atoms with Crippen LogP contribution in [0.15, 0.2) is 121 Å². The SMILES string of the molecule is C=C.CCC.c1ccc(C2=NC(c3ccc4sc5ccccc5c4c3)[N]C2c2ccccc2)cc1. The van der Waals surface area contributed by atoms with Gasteiger partial charge in [-0.3, -0.25) is 4.99 Å². The standard InChI is InChI=1S/C27H19N2S.C3H8.C2H4/c1-3-9-18(10-4-1)25-26(19-11-5-2-6-12-19)29-27(28-25)20-15-16-24-22(17-20)21-13-7-8-14-23(21)30-24;1-3-2;1-2/h1-17,25,27H;3H2,1-2H3;1-2H2. The van der Waals surface area contributed by atoms with Gasteiger partial charge in [0.05, 0.1) is 11.8 Å². The first-order valence-corrected chi connectivity index (χ1v) is 12.9. The summed E-state index contributed by atoms with van der Waals surface area (Å²) in [6.45, 7) is 10.2. The molecule has 4 aromatic carbocycles. The van der Waals surface area contributed by atoms with Crippen molar-refractivity contribution in [2.75, 3.05) is 0 Å². The Hall–Kier alpha value is -3.53. The fraction of sp³-hybridized carbons (Fsp3) is 0.156. The van der Waals surface area contributed by atoms with Crippen molar-refractivity contribution in [1.29, 1.82) is 0 Å². The zero-order chi connectivity index (χ0) is 24.6. The number of fused-ring (bicyclic) bond motifs is 3. The van der Waals surface area contributed by atoms with Gasteiger partial charge in [-0.15, -0.1) is 24.5 Å². The average Bonchev–Trinajstić information content (AvgIpc) is 3.53. The van der Waals surface area contributed by atoms with E-state index in [1.807, 2.05) is 23.5 Å². The van der Waals surface area contributed by atoms with Gasteiger partial charge in [0.15, 0.2) is 0 Å². The Morgan fingerprint density at radius 3 is 2.00 bits per heavy atom. The summed E-state index contributed by atoms with van der Waals surface area (Å²) in [5, 5.41) is 7.76. The Morgan fingerprint density at radius 1 is 0.686 bits per heavy atom. The van der Waals surface area contributed by atoms with Gasteiger partial charge in [0.1, 0.15) is 6.17 Å². The van der Waals surface area contributed by atoms with Crippen molar-refractivity contribution in [3.05, 3.63) is 133 Å². The van der Waals surface area contributed by atoms with Gasteiger partial charge >= 0.3 is 0 Å². The van der Waals surface area contributed by atoms with Gasteiger partial charge in [-0.25, -0.2) is 0 Å². The van der Waals surface area contributed by atoms with Gasteiger partial charge in [0.25, 0.3) is 0 Å². The second kappa shape index (κ2) is 11.7. The van der Waals surface area contributed by atoms with Crippen LogP contribution in [0.3, 0.4) is 0 Å². The van der Waals surface area contributed by atoms with Crippen LogP contribution in [0, 0.1) is 0 Å². The number of aliphatic imine (C=N–C) groups is 1. The quantitative estimate of drug-likeness (QED) is 0.233. The molecule has 2 atom stereocenters.